The zero-order valence-corrected chi connectivity index (χ0v) is 22.3. The Morgan fingerprint density at radius 3 is 2.70 bits per heavy atom. The SMILES string of the molecule is Cc1csc([C@H]2CCCN2C(=O)c2cc(-c3nnc([C@](C)(N)Cc4ccccc4)o3)cc(N(C)C)n2)n1. The molecule has 1 aromatic carbocycles. The van der Waals surface area contributed by atoms with Crippen LogP contribution in [0.2, 0.25) is 0 Å². The molecule has 3 aromatic heterocycles. The Labute approximate surface area is 220 Å². The van der Waals surface area contributed by atoms with Gasteiger partial charge in [0.15, 0.2) is 0 Å². The molecule has 0 bridgehead atoms. The third-order valence-electron chi connectivity index (χ3n) is 6.50. The Balaban J connectivity index is 1.45. The lowest BCUT2D eigenvalue weighted by molar-refractivity contribution is 0.0729. The van der Waals surface area contributed by atoms with E-state index in [9.17, 15) is 4.79 Å². The van der Waals surface area contributed by atoms with Crippen molar-refractivity contribution in [1.82, 2.24) is 25.1 Å². The van der Waals surface area contributed by atoms with E-state index in [1.54, 1.807) is 17.4 Å². The predicted molar refractivity (Wildman–Crippen MR) is 143 cm³/mol. The average molecular weight is 518 g/mol. The summed E-state index contributed by atoms with van der Waals surface area (Å²) >= 11 is 1.60. The molecule has 37 heavy (non-hydrogen) atoms. The first-order valence-corrected chi connectivity index (χ1v) is 13.2. The molecule has 1 fully saturated rings. The topological polar surface area (TPSA) is 114 Å². The third-order valence-corrected chi connectivity index (χ3v) is 7.56. The number of carbonyl (C=O) groups excluding carboxylic acids is 1. The first kappa shape index (κ1) is 25.0. The quantitative estimate of drug-likeness (QED) is 0.385. The molecule has 1 aliphatic heterocycles. The van der Waals surface area contributed by atoms with Crippen LogP contribution in [0.4, 0.5) is 5.82 Å². The maximum absolute atomic E-state index is 13.7. The largest absolute Gasteiger partial charge is 0.419 e. The van der Waals surface area contributed by atoms with E-state index in [1.165, 1.54) is 0 Å². The van der Waals surface area contributed by atoms with E-state index in [4.69, 9.17) is 10.2 Å². The van der Waals surface area contributed by atoms with Crippen molar-refractivity contribution >= 4 is 23.1 Å². The maximum atomic E-state index is 13.7. The number of thiazole rings is 1. The molecule has 1 aliphatic rings. The van der Waals surface area contributed by atoms with E-state index in [2.05, 4.69) is 20.2 Å². The number of nitrogens with zero attached hydrogens (tertiary/aromatic N) is 6. The van der Waals surface area contributed by atoms with Gasteiger partial charge in [0.2, 0.25) is 11.8 Å². The Bertz CT molecular complexity index is 1400. The summed E-state index contributed by atoms with van der Waals surface area (Å²) in [5, 5.41) is 11.5. The second-order valence-electron chi connectivity index (χ2n) is 9.97. The minimum absolute atomic E-state index is 0.0367. The zero-order chi connectivity index (χ0) is 26.2. The predicted octanol–water partition coefficient (Wildman–Crippen LogP) is 4.36. The summed E-state index contributed by atoms with van der Waals surface area (Å²) in [6.07, 6.45) is 2.37. The smallest absolute Gasteiger partial charge is 0.273 e. The lowest BCUT2D eigenvalue weighted by Crippen LogP contribution is -2.35. The van der Waals surface area contributed by atoms with Crippen LogP contribution in [0.3, 0.4) is 0 Å². The van der Waals surface area contributed by atoms with Gasteiger partial charge in [0, 0.05) is 37.3 Å². The Kier molecular flexibility index (Phi) is 6.78. The van der Waals surface area contributed by atoms with Gasteiger partial charge in [0.25, 0.3) is 5.91 Å². The molecule has 4 heterocycles. The lowest BCUT2D eigenvalue weighted by Gasteiger charge is -2.23. The molecule has 2 N–H and O–H groups in total. The van der Waals surface area contributed by atoms with Crippen LogP contribution in [0.25, 0.3) is 11.5 Å². The van der Waals surface area contributed by atoms with Crippen molar-refractivity contribution in [2.45, 2.75) is 44.7 Å². The summed E-state index contributed by atoms with van der Waals surface area (Å²) in [6.45, 7) is 4.51. The number of aryl methyl sites for hydroxylation is 1. The minimum Gasteiger partial charge on any atom is -0.419 e. The third kappa shape index (κ3) is 5.26. The molecule has 0 radical (unpaired) electrons. The first-order valence-electron chi connectivity index (χ1n) is 12.3. The molecule has 9 nitrogen and oxygen atoms in total. The Morgan fingerprint density at radius 1 is 1.22 bits per heavy atom. The number of likely N-dealkylation sites (tertiary alicyclic amines) is 1. The number of aromatic nitrogens is 4. The fourth-order valence-corrected chi connectivity index (χ4v) is 5.53. The molecule has 4 aromatic rings. The van der Waals surface area contributed by atoms with Crippen LogP contribution in [0.15, 0.2) is 52.3 Å². The van der Waals surface area contributed by atoms with Gasteiger partial charge < -0.3 is 20.0 Å². The van der Waals surface area contributed by atoms with Crippen LogP contribution in [-0.2, 0) is 12.0 Å². The molecule has 0 aliphatic carbocycles. The van der Waals surface area contributed by atoms with Crippen LogP contribution in [0.1, 0.15) is 58.5 Å². The van der Waals surface area contributed by atoms with Gasteiger partial charge in [-0.15, -0.1) is 21.5 Å². The normalized spacial score (nSPS) is 17.1. The molecule has 0 saturated carbocycles. The molecule has 192 valence electrons. The van der Waals surface area contributed by atoms with Crippen molar-refractivity contribution in [3.8, 4) is 11.5 Å². The van der Waals surface area contributed by atoms with E-state index in [1.807, 2.05) is 79.5 Å². The van der Waals surface area contributed by atoms with Crippen LogP contribution in [0, 0.1) is 6.92 Å². The maximum Gasteiger partial charge on any atom is 0.273 e. The van der Waals surface area contributed by atoms with E-state index in [-0.39, 0.29) is 11.9 Å². The van der Waals surface area contributed by atoms with Gasteiger partial charge in [-0.2, -0.15) is 0 Å². The van der Waals surface area contributed by atoms with Crippen LogP contribution < -0.4 is 10.6 Å². The molecular formula is C27H31N7O2S. The highest BCUT2D eigenvalue weighted by Gasteiger charge is 2.34. The van der Waals surface area contributed by atoms with Crippen molar-refractivity contribution in [2.75, 3.05) is 25.5 Å². The average Bonchev–Trinajstić information content (AvgIpc) is 3.64. The summed E-state index contributed by atoms with van der Waals surface area (Å²) in [5.41, 5.74) is 8.75. The monoisotopic (exact) mass is 517 g/mol. The van der Waals surface area contributed by atoms with Gasteiger partial charge >= 0.3 is 0 Å². The molecule has 1 saturated heterocycles. The van der Waals surface area contributed by atoms with Crippen LogP contribution in [0.5, 0.6) is 0 Å². The van der Waals surface area contributed by atoms with E-state index < -0.39 is 5.54 Å². The molecule has 0 unspecified atom stereocenters. The highest BCUT2D eigenvalue weighted by atomic mass is 32.1. The highest BCUT2D eigenvalue weighted by Crippen LogP contribution is 2.35. The van der Waals surface area contributed by atoms with E-state index in [0.717, 1.165) is 29.1 Å². The van der Waals surface area contributed by atoms with Crippen molar-refractivity contribution in [3.05, 3.63) is 75.7 Å². The fraction of sp³-hybridized carbons (Fsp3) is 0.370. The molecule has 1 amide bonds. The summed E-state index contributed by atoms with van der Waals surface area (Å²) < 4.78 is 6.07. The first-order chi connectivity index (χ1) is 17.7. The number of benzene rings is 1. The van der Waals surface area contributed by atoms with Crippen LogP contribution >= 0.6 is 11.3 Å². The molecule has 5 rings (SSSR count). The van der Waals surface area contributed by atoms with E-state index in [0.29, 0.717) is 41.8 Å². The zero-order valence-electron chi connectivity index (χ0n) is 21.5. The molecule has 2 atom stereocenters. The fourth-order valence-electron chi connectivity index (χ4n) is 4.58. The van der Waals surface area contributed by atoms with Gasteiger partial charge in [-0.1, -0.05) is 30.3 Å². The summed E-state index contributed by atoms with van der Waals surface area (Å²) in [5.74, 6) is 1.13. The lowest BCUT2D eigenvalue weighted by atomic mass is 9.94. The number of hydrogen-bond acceptors (Lipinski definition) is 9. The number of amides is 1. The van der Waals surface area contributed by atoms with E-state index >= 15 is 0 Å². The van der Waals surface area contributed by atoms with Crippen molar-refractivity contribution < 1.29 is 9.21 Å². The molecular weight excluding hydrogens is 486 g/mol. The molecule has 10 heteroatoms. The number of rotatable bonds is 7. The molecule has 0 spiro atoms. The second-order valence-corrected chi connectivity index (χ2v) is 10.9. The Morgan fingerprint density at radius 2 is 2.00 bits per heavy atom. The summed E-state index contributed by atoms with van der Waals surface area (Å²) in [4.78, 5) is 26.7. The van der Waals surface area contributed by atoms with Gasteiger partial charge in [-0.25, -0.2) is 9.97 Å². The number of hydrogen-bond donors (Lipinski definition) is 1. The van der Waals surface area contributed by atoms with Crippen molar-refractivity contribution in [3.63, 3.8) is 0 Å². The van der Waals surface area contributed by atoms with Gasteiger partial charge in [0.1, 0.15) is 16.5 Å². The number of pyridine rings is 1. The summed E-state index contributed by atoms with van der Waals surface area (Å²) in [7, 11) is 3.76. The van der Waals surface area contributed by atoms with Gasteiger partial charge in [-0.05, 0) is 50.8 Å². The number of carbonyl (C=O) groups is 1. The standard InChI is InChI=1S/C27H31N7O2S/c1-17-16-37-24(29-17)21-11-8-12-34(21)25(35)20-13-19(14-22(30-20)33(3)4)23-31-32-26(36-23)27(2,28)15-18-9-6-5-7-10-18/h5-7,9-10,13-14,16,21H,8,11-12,15,28H2,1-4H3/t21-,27-/m1/s1. The van der Waals surface area contributed by atoms with Gasteiger partial charge in [0.05, 0.1) is 11.6 Å². The summed E-state index contributed by atoms with van der Waals surface area (Å²) in [6, 6.07) is 13.5. The van der Waals surface area contributed by atoms with Crippen molar-refractivity contribution in [2.24, 2.45) is 5.73 Å². The Hall–Kier alpha value is -3.63. The number of nitrogens with two attached hydrogens (primary N) is 1. The van der Waals surface area contributed by atoms with Gasteiger partial charge in [-0.3, -0.25) is 4.79 Å². The second kappa shape index (κ2) is 10.0. The van der Waals surface area contributed by atoms with Crippen molar-refractivity contribution in [1.29, 1.82) is 0 Å². The highest BCUT2D eigenvalue weighted by molar-refractivity contribution is 7.09. The van der Waals surface area contributed by atoms with Crippen LogP contribution in [-0.4, -0.2) is 51.6 Å². The minimum atomic E-state index is -0.850. The number of anilines is 1.